The summed E-state index contributed by atoms with van der Waals surface area (Å²) < 4.78 is 5.95. The van der Waals surface area contributed by atoms with Crippen molar-refractivity contribution < 1.29 is 4.74 Å². The van der Waals surface area contributed by atoms with E-state index in [1.165, 1.54) is 5.56 Å². The Hall–Kier alpha value is -1.68. The highest BCUT2D eigenvalue weighted by molar-refractivity contribution is 7.71. The van der Waals surface area contributed by atoms with Gasteiger partial charge in [0.2, 0.25) is 0 Å². The zero-order valence-corrected chi connectivity index (χ0v) is 10.9. The van der Waals surface area contributed by atoms with Gasteiger partial charge in [0.15, 0.2) is 4.77 Å². The summed E-state index contributed by atoms with van der Waals surface area (Å²) in [7, 11) is 1.68. The largest absolute Gasteiger partial charge is 0.496 e. The van der Waals surface area contributed by atoms with E-state index in [1.807, 2.05) is 19.1 Å². The lowest BCUT2D eigenvalue weighted by Gasteiger charge is -2.13. The zero-order chi connectivity index (χ0) is 12.4. The van der Waals surface area contributed by atoms with Gasteiger partial charge in [-0.2, -0.15) is 0 Å². The van der Waals surface area contributed by atoms with Crippen LogP contribution in [0.1, 0.15) is 11.1 Å². The predicted molar refractivity (Wildman–Crippen MR) is 70.9 cm³/mol. The fraction of sp³-hybridized carbons (Fsp3) is 0.231. The summed E-state index contributed by atoms with van der Waals surface area (Å²) in [5.74, 6) is 0.877. The number of hydrogen-bond donors (Lipinski definition) is 1. The second-order valence-electron chi connectivity index (χ2n) is 3.88. The number of aromatic amines is 1. The third-order valence-corrected chi connectivity index (χ3v) is 3.05. The summed E-state index contributed by atoms with van der Waals surface area (Å²) in [6.07, 6.45) is 1.70. The number of aromatic nitrogens is 2. The summed E-state index contributed by atoms with van der Waals surface area (Å²) in [6, 6.07) is 5.99. The fourth-order valence-corrected chi connectivity index (χ4v) is 1.96. The van der Waals surface area contributed by atoms with Crippen LogP contribution in [0.2, 0.25) is 0 Å². The number of nitrogens with one attached hydrogen (secondary N) is 1. The first-order chi connectivity index (χ1) is 8.13. The molecule has 0 fully saturated rings. The Bertz CT molecular complexity index is 605. The van der Waals surface area contributed by atoms with Gasteiger partial charge in [0.25, 0.3) is 0 Å². The Labute approximate surface area is 105 Å². The van der Waals surface area contributed by atoms with E-state index in [9.17, 15) is 0 Å². The summed E-state index contributed by atoms with van der Waals surface area (Å²) in [5.41, 5.74) is 4.27. The van der Waals surface area contributed by atoms with Crippen molar-refractivity contribution in [2.75, 3.05) is 7.11 Å². The highest BCUT2D eigenvalue weighted by Gasteiger charge is 2.10. The first-order valence-electron chi connectivity index (χ1n) is 5.33. The Morgan fingerprint density at radius 2 is 2.00 bits per heavy atom. The quantitative estimate of drug-likeness (QED) is 0.825. The van der Waals surface area contributed by atoms with Crippen LogP contribution < -0.4 is 4.74 Å². The average Bonchev–Trinajstić information content (AvgIpc) is 2.32. The van der Waals surface area contributed by atoms with Gasteiger partial charge in [-0.05, 0) is 49.3 Å². The van der Waals surface area contributed by atoms with Gasteiger partial charge >= 0.3 is 0 Å². The minimum absolute atomic E-state index is 0.475. The molecule has 0 amide bonds. The van der Waals surface area contributed by atoms with Crippen molar-refractivity contribution in [3.63, 3.8) is 0 Å². The van der Waals surface area contributed by atoms with Crippen molar-refractivity contribution in [2.24, 2.45) is 0 Å². The molecule has 1 N–H and O–H groups in total. The SMILES string of the molecule is COc1c(-c2ccnc(=S)[nH]2)ccc(C)c1C. The molecule has 17 heavy (non-hydrogen) atoms. The van der Waals surface area contributed by atoms with Gasteiger partial charge in [0.05, 0.1) is 12.8 Å². The standard InChI is InChI=1S/C13H14N2OS/c1-8-4-5-10(12(16-3)9(8)2)11-6-7-14-13(17)15-11/h4-7H,1-3H3,(H,14,15,17). The molecule has 2 aromatic rings. The fourth-order valence-electron chi connectivity index (χ4n) is 1.79. The van der Waals surface area contributed by atoms with Crippen molar-refractivity contribution in [3.8, 4) is 17.0 Å². The van der Waals surface area contributed by atoms with Crippen molar-refractivity contribution >= 4 is 12.2 Å². The highest BCUT2D eigenvalue weighted by atomic mass is 32.1. The molecule has 1 aromatic heterocycles. The van der Waals surface area contributed by atoms with E-state index in [0.29, 0.717) is 4.77 Å². The van der Waals surface area contributed by atoms with E-state index in [2.05, 4.69) is 23.0 Å². The number of benzene rings is 1. The highest BCUT2D eigenvalue weighted by Crippen LogP contribution is 2.33. The summed E-state index contributed by atoms with van der Waals surface area (Å²) in [6.45, 7) is 4.11. The Morgan fingerprint density at radius 1 is 1.24 bits per heavy atom. The Morgan fingerprint density at radius 3 is 2.65 bits per heavy atom. The minimum atomic E-state index is 0.475. The monoisotopic (exact) mass is 246 g/mol. The lowest BCUT2D eigenvalue weighted by molar-refractivity contribution is 0.413. The lowest BCUT2D eigenvalue weighted by Crippen LogP contribution is -1.95. The van der Waals surface area contributed by atoms with Gasteiger partial charge in [-0.1, -0.05) is 6.07 Å². The van der Waals surface area contributed by atoms with Gasteiger partial charge < -0.3 is 9.72 Å². The molecule has 0 aliphatic carbocycles. The second kappa shape index (κ2) is 4.67. The molecule has 0 unspecified atom stereocenters. The molecule has 0 saturated heterocycles. The van der Waals surface area contributed by atoms with E-state index in [0.717, 1.165) is 22.6 Å². The maximum absolute atomic E-state index is 5.48. The maximum atomic E-state index is 5.48. The molecule has 1 heterocycles. The number of nitrogens with zero attached hydrogens (tertiary/aromatic N) is 1. The number of rotatable bonds is 2. The van der Waals surface area contributed by atoms with E-state index in [1.54, 1.807) is 13.3 Å². The van der Waals surface area contributed by atoms with Crippen LogP contribution in [0.3, 0.4) is 0 Å². The smallest absolute Gasteiger partial charge is 0.197 e. The normalized spacial score (nSPS) is 10.3. The minimum Gasteiger partial charge on any atom is -0.496 e. The molecule has 1 aromatic carbocycles. The molecule has 0 spiro atoms. The molecule has 0 bridgehead atoms. The molecule has 88 valence electrons. The number of aryl methyl sites for hydroxylation is 1. The predicted octanol–water partition coefficient (Wildman–Crippen LogP) is 3.43. The van der Waals surface area contributed by atoms with Crippen molar-refractivity contribution in [2.45, 2.75) is 13.8 Å². The molecule has 0 aliphatic heterocycles. The van der Waals surface area contributed by atoms with E-state index in [4.69, 9.17) is 17.0 Å². The molecule has 3 nitrogen and oxygen atoms in total. The Balaban J connectivity index is 2.68. The van der Waals surface area contributed by atoms with Gasteiger partial charge in [0, 0.05) is 11.8 Å². The van der Waals surface area contributed by atoms with Crippen LogP contribution in [0.15, 0.2) is 24.4 Å². The molecular weight excluding hydrogens is 232 g/mol. The van der Waals surface area contributed by atoms with Gasteiger partial charge in [-0.25, -0.2) is 4.98 Å². The zero-order valence-electron chi connectivity index (χ0n) is 10.1. The van der Waals surface area contributed by atoms with Crippen LogP contribution in [0.25, 0.3) is 11.3 Å². The summed E-state index contributed by atoms with van der Waals surface area (Å²) >= 11 is 5.03. The summed E-state index contributed by atoms with van der Waals surface area (Å²) in [5, 5.41) is 0. The van der Waals surface area contributed by atoms with Crippen LogP contribution in [-0.2, 0) is 0 Å². The first-order valence-corrected chi connectivity index (χ1v) is 5.74. The molecule has 0 atom stereocenters. The first kappa shape index (κ1) is 11.8. The third-order valence-electron chi connectivity index (χ3n) is 2.85. The van der Waals surface area contributed by atoms with Crippen LogP contribution in [0.5, 0.6) is 5.75 Å². The number of hydrogen-bond acceptors (Lipinski definition) is 3. The lowest BCUT2D eigenvalue weighted by atomic mass is 10.0. The molecule has 0 saturated carbocycles. The summed E-state index contributed by atoms with van der Waals surface area (Å²) in [4.78, 5) is 7.05. The number of methoxy groups -OCH3 is 1. The van der Waals surface area contributed by atoms with Crippen LogP contribution in [-0.4, -0.2) is 17.1 Å². The maximum Gasteiger partial charge on any atom is 0.197 e. The van der Waals surface area contributed by atoms with Crippen LogP contribution >= 0.6 is 12.2 Å². The van der Waals surface area contributed by atoms with Crippen LogP contribution in [0.4, 0.5) is 0 Å². The van der Waals surface area contributed by atoms with Gasteiger partial charge in [-0.3, -0.25) is 0 Å². The third kappa shape index (κ3) is 2.22. The Kier molecular flexibility index (Phi) is 3.24. The van der Waals surface area contributed by atoms with E-state index in [-0.39, 0.29) is 0 Å². The number of H-pyrrole nitrogens is 1. The van der Waals surface area contributed by atoms with E-state index < -0.39 is 0 Å². The van der Waals surface area contributed by atoms with Crippen molar-refractivity contribution in [3.05, 3.63) is 40.3 Å². The van der Waals surface area contributed by atoms with Gasteiger partial charge in [0.1, 0.15) is 5.75 Å². The number of ether oxygens (including phenoxy) is 1. The van der Waals surface area contributed by atoms with Crippen molar-refractivity contribution in [1.29, 1.82) is 0 Å². The molecule has 0 radical (unpaired) electrons. The molecule has 2 rings (SSSR count). The second-order valence-corrected chi connectivity index (χ2v) is 4.26. The van der Waals surface area contributed by atoms with Crippen molar-refractivity contribution in [1.82, 2.24) is 9.97 Å². The molecule has 4 heteroatoms. The van der Waals surface area contributed by atoms with E-state index >= 15 is 0 Å². The average molecular weight is 246 g/mol. The topological polar surface area (TPSA) is 37.9 Å². The molecular formula is C13H14N2OS. The van der Waals surface area contributed by atoms with Gasteiger partial charge in [-0.15, -0.1) is 0 Å². The molecule has 0 aliphatic rings. The van der Waals surface area contributed by atoms with Crippen LogP contribution in [0, 0.1) is 18.6 Å².